The third-order valence-electron chi connectivity index (χ3n) is 2.98. The molecule has 0 saturated carbocycles. The van der Waals surface area contributed by atoms with Crippen LogP contribution in [0.5, 0.6) is 0 Å². The van der Waals surface area contributed by atoms with Crippen LogP contribution in [-0.2, 0) is 9.47 Å². The Bertz CT molecular complexity index is 227. The van der Waals surface area contributed by atoms with Crippen LogP contribution in [0.25, 0.3) is 0 Å². The maximum atomic E-state index is 9.72. The Morgan fingerprint density at radius 3 is 2.36 bits per heavy atom. The van der Waals surface area contributed by atoms with Gasteiger partial charge in [-0.2, -0.15) is 0 Å². The molecule has 0 radical (unpaired) electrons. The number of nitrogens with zero attached hydrogens (tertiary/aromatic N) is 1. The molecule has 0 bridgehead atoms. The van der Waals surface area contributed by atoms with Crippen molar-refractivity contribution in [3.05, 3.63) is 0 Å². The fourth-order valence-corrected chi connectivity index (χ4v) is 2.31. The third-order valence-corrected chi connectivity index (χ3v) is 2.98. The first kappa shape index (κ1) is 10.3. The van der Waals surface area contributed by atoms with Gasteiger partial charge in [-0.3, -0.25) is 0 Å². The summed E-state index contributed by atoms with van der Waals surface area (Å²) in [5.41, 5.74) is 0. The molecular weight excluding hydrogens is 186 g/mol. The second-order valence-corrected chi connectivity index (χ2v) is 4.96. The Kier molecular flexibility index (Phi) is 2.32. The molecule has 5 heteroatoms. The SMILES string of the molecule is C[N+](C)(C)[C@@H]1[C@H]2OC[C@@H](O)[C@H]2O[C@H]1O. The number of quaternary nitrogens is 1. The van der Waals surface area contributed by atoms with E-state index in [4.69, 9.17) is 9.47 Å². The molecule has 82 valence electrons. The van der Waals surface area contributed by atoms with Crippen molar-refractivity contribution in [1.29, 1.82) is 0 Å². The van der Waals surface area contributed by atoms with Gasteiger partial charge >= 0.3 is 0 Å². The van der Waals surface area contributed by atoms with Gasteiger partial charge in [-0.05, 0) is 0 Å². The molecule has 2 rings (SSSR count). The standard InChI is InChI=1S/C9H18NO4/c1-10(2,3)6-8-7(14-9(6)12)5(11)4-13-8/h5-9,11-12H,4H2,1-3H3/q+1/t5-,6-,7-,8-,9-/m1/s1. The molecule has 0 amide bonds. The Hall–Kier alpha value is -0.200. The van der Waals surface area contributed by atoms with Gasteiger partial charge in [0, 0.05) is 0 Å². The van der Waals surface area contributed by atoms with Crippen molar-refractivity contribution in [3.63, 3.8) is 0 Å². The first-order chi connectivity index (χ1) is 6.41. The molecule has 2 aliphatic rings. The quantitative estimate of drug-likeness (QED) is 0.512. The minimum absolute atomic E-state index is 0.128. The Morgan fingerprint density at radius 1 is 1.14 bits per heavy atom. The zero-order valence-corrected chi connectivity index (χ0v) is 8.75. The number of hydrogen-bond acceptors (Lipinski definition) is 4. The van der Waals surface area contributed by atoms with E-state index in [1.54, 1.807) is 0 Å². The third kappa shape index (κ3) is 1.45. The van der Waals surface area contributed by atoms with Crippen LogP contribution in [0.4, 0.5) is 0 Å². The smallest absolute Gasteiger partial charge is 0.211 e. The predicted molar refractivity (Wildman–Crippen MR) is 48.4 cm³/mol. The Balaban J connectivity index is 2.19. The van der Waals surface area contributed by atoms with Crippen molar-refractivity contribution in [2.45, 2.75) is 30.6 Å². The fraction of sp³-hybridized carbons (Fsp3) is 1.00. The minimum Gasteiger partial charge on any atom is -0.388 e. The molecule has 2 heterocycles. The number of hydrogen-bond donors (Lipinski definition) is 2. The molecule has 2 aliphatic heterocycles. The topological polar surface area (TPSA) is 58.9 Å². The van der Waals surface area contributed by atoms with Gasteiger partial charge in [0.15, 0.2) is 6.04 Å². The van der Waals surface area contributed by atoms with Crippen LogP contribution in [0.1, 0.15) is 0 Å². The Morgan fingerprint density at radius 2 is 1.79 bits per heavy atom. The van der Waals surface area contributed by atoms with Gasteiger partial charge < -0.3 is 24.2 Å². The summed E-state index contributed by atoms with van der Waals surface area (Å²) in [4.78, 5) is 0. The molecule has 5 atom stereocenters. The average Bonchev–Trinajstić information content (AvgIpc) is 2.49. The second kappa shape index (κ2) is 3.15. The molecule has 0 aromatic carbocycles. The lowest BCUT2D eigenvalue weighted by Crippen LogP contribution is -2.55. The highest BCUT2D eigenvalue weighted by Crippen LogP contribution is 2.34. The summed E-state index contributed by atoms with van der Waals surface area (Å²) in [6.45, 7) is 0.304. The van der Waals surface area contributed by atoms with Crippen molar-refractivity contribution < 1.29 is 24.2 Å². The largest absolute Gasteiger partial charge is 0.388 e. The van der Waals surface area contributed by atoms with E-state index in [2.05, 4.69) is 0 Å². The number of likely N-dealkylation sites (N-methyl/N-ethyl adjacent to an activating group) is 1. The van der Waals surface area contributed by atoms with Gasteiger partial charge in [0.05, 0.1) is 27.7 Å². The van der Waals surface area contributed by atoms with Crippen molar-refractivity contribution >= 4 is 0 Å². The Labute approximate surface area is 83.4 Å². The van der Waals surface area contributed by atoms with Crippen LogP contribution >= 0.6 is 0 Å². The van der Waals surface area contributed by atoms with Gasteiger partial charge in [-0.15, -0.1) is 0 Å². The van der Waals surface area contributed by atoms with Gasteiger partial charge in [0.25, 0.3) is 0 Å². The van der Waals surface area contributed by atoms with Crippen molar-refractivity contribution in [3.8, 4) is 0 Å². The number of fused-ring (bicyclic) bond motifs is 1. The van der Waals surface area contributed by atoms with Gasteiger partial charge in [-0.25, -0.2) is 0 Å². The molecule has 5 nitrogen and oxygen atoms in total. The maximum Gasteiger partial charge on any atom is 0.211 e. The minimum atomic E-state index is -0.847. The van der Waals surface area contributed by atoms with E-state index in [1.807, 2.05) is 21.1 Å². The summed E-state index contributed by atoms with van der Waals surface area (Å²) in [5.74, 6) is 0. The highest BCUT2D eigenvalue weighted by atomic mass is 16.7. The maximum absolute atomic E-state index is 9.72. The van der Waals surface area contributed by atoms with Gasteiger partial charge in [0.2, 0.25) is 6.29 Å². The number of rotatable bonds is 1. The highest BCUT2D eigenvalue weighted by molar-refractivity contribution is 4.96. The van der Waals surface area contributed by atoms with E-state index in [0.29, 0.717) is 11.1 Å². The summed E-state index contributed by atoms with van der Waals surface area (Å²) in [6.07, 6.45) is -2.02. The number of ether oxygens (including phenoxy) is 2. The summed E-state index contributed by atoms with van der Waals surface area (Å²) in [7, 11) is 5.94. The van der Waals surface area contributed by atoms with Gasteiger partial charge in [0.1, 0.15) is 18.3 Å². The first-order valence-electron chi connectivity index (χ1n) is 4.85. The van der Waals surface area contributed by atoms with Crippen LogP contribution in [0.2, 0.25) is 0 Å². The van der Waals surface area contributed by atoms with Crippen molar-refractivity contribution in [1.82, 2.24) is 0 Å². The lowest BCUT2D eigenvalue weighted by molar-refractivity contribution is -0.903. The molecule has 0 spiro atoms. The molecular formula is C9H18NO4+. The van der Waals surface area contributed by atoms with Crippen LogP contribution in [-0.4, -0.2) is 73.1 Å². The van der Waals surface area contributed by atoms with Crippen molar-refractivity contribution in [2.75, 3.05) is 27.7 Å². The second-order valence-electron chi connectivity index (χ2n) is 4.96. The number of aliphatic hydroxyl groups excluding tert-OH is 2. The summed E-state index contributed by atoms with van der Waals surface area (Å²) < 4.78 is 11.3. The van der Waals surface area contributed by atoms with E-state index in [0.717, 1.165) is 0 Å². The van der Waals surface area contributed by atoms with Crippen LogP contribution in [0.3, 0.4) is 0 Å². The lowest BCUT2D eigenvalue weighted by atomic mass is 10.1. The van der Waals surface area contributed by atoms with E-state index in [1.165, 1.54) is 0 Å². The molecule has 0 aromatic heterocycles. The zero-order valence-electron chi connectivity index (χ0n) is 8.75. The fourth-order valence-electron chi connectivity index (χ4n) is 2.31. The monoisotopic (exact) mass is 204 g/mol. The average molecular weight is 204 g/mol. The zero-order chi connectivity index (χ0) is 10.5. The van der Waals surface area contributed by atoms with Crippen LogP contribution in [0.15, 0.2) is 0 Å². The van der Waals surface area contributed by atoms with E-state index in [9.17, 15) is 10.2 Å². The van der Waals surface area contributed by atoms with Crippen LogP contribution in [0, 0.1) is 0 Å². The normalized spacial score (nSPS) is 48.2. The predicted octanol–water partition coefficient (Wildman–Crippen LogP) is -1.46. The summed E-state index contributed by atoms with van der Waals surface area (Å²) in [5, 5.41) is 19.3. The van der Waals surface area contributed by atoms with Crippen LogP contribution < -0.4 is 0 Å². The molecule has 0 aromatic rings. The molecule has 2 fully saturated rings. The van der Waals surface area contributed by atoms with E-state index < -0.39 is 12.4 Å². The first-order valence-corrected chi connectivity index (χ1v) is 4.85. The molecule has 14 heavy (non-hydrogen) atoms. The summed E-state index contributed by atoms with van der Waals surface area (Å²) >= 11 is 0. The molecule has 2 saturated heterocycles. The molecule has 2 N–H and O–H groups in total. The van der Waals surface area contributed by atoms with Crippen molar-refractivity contribution in [2.24, 2.45) is 0 Å². The highest BCUT2D eigenvalue weighted by Gasteiger charge is 2.57. The molecule has 0 unspecified atom stereocenters. The van der Waals surface area contributed by atoms with E-state index >= 15 is 0 Å². The summed E-state index contributed by atoms with van der Waals surface area (Å²) in [6, 6.07) is -0.128. The van der Waals surface area contributed by atoms with E-state index in [-0.39, 0.29) is 18.2 Å². The number of aliphatic hydroxyl groups is 2. The lowest BCUT2D eigenvalue weighted by Gasteiger charge is -2.34. The van der Waals surface area contributed by atoms with Gasteiger partial charge in [-0.1, -0.05) is 0 Å². The molecule has 0 aliphatic carbocycles.